The molecule has 0 aromatic heterocycles. The smallest absolute Gasteiger partial charge is 0.266 e. The van der Waals surface area contributed by atoms with E-state index >= 15 is 0 Å². The highest BCUT2D eigenvalue weighted by molar-refractivity contribution is 9.10. The van der Waals surface area contributed by atoms with Crippen LogP contribution < -0.4 is 19.5 Å². The standard InChI is InChI=1S/C29H23BrN2O4/c1-34-26-13-6-5-12-25(26)32-29(33)22(17-31)14-21-15-27(35-2)28(16-24(21)30)36-18-20-10-7-9-19-8-3-4-11-23(19)20/h3-16H,18H2,1-2H3,(H,32,33)/b22-14-. The molecule has 0 saturated heterocycles. The highest BCUT2D eigenvalue weighted by Gasteiger charge is 2.15. The fourth-order valence-corrected chi connectivity index (χ4v) is 4.19. The molecule has 0 atom stereocenters. The number of amides is 1. The molecule has 0 aliphatic rings. The molecule has 0 bridgehead atoms. The Kier molecular flexibility index (Phi) is 7.89. The molecule has 1 amide bonds. The van der Waals surface area contributed by atoms with E-state index in [4.69, 9.17) is 14.2 Å². The molecule has 7 heteroatoms. The summed E-state index contributed by atoms with van der Waals surface area (Å²) >= 11 is 3.53. The van der Waals surface area contributed by atoms with E-state index in [-0.39, 0.29) is 5.57 Å². The van der Waals surface area contributed by atoms with Crippen molar-refractivity contribution in [2.24, 2.45) is 0 Å². The van der Waals surface area contributed by atoms with E-state index in [9.17, 15) is 10.1 Å². The van der Waals surface area contributed by atoms with Crippen LogP contribution in [0.15, 0.2) is 88.9 Å². The highest BCUT2D eigenvalue weighted by Crippen LogP contribution is 2.36. The maximum atomic E-state index is 12.8. The molecule has 4 aromatic carbocycles. The van der Waals surface area contributed by atoms with E-state index in [1.165, 1.54) is 13.2 Å². The van der Waals surface area contributed by atoms with Crippen molar-refractivity contribution in [2.75, 3.05) is 19.5 Å². The first-order valence-corrected chi connectivity index (χ1v) is 11.9. The molecule has 6 nitrogen and oxygen atoms in total. The summed E-state index contributed by atoms with van der Waals surface area (Å²) in [5, 5.41) is 14.6. The van der Waals surface area contributed by atoms with Gasteiger partial charge in [-0.15, -0.1) is 0 Å². The van der Waals surface area contributed by atoms with Crippen LogP contribution in [-0.4, -0.2) is 20.1 Å². The van der Waals surface area contributed by atoms with Crippen LogP contribution in [0.25, 0.3) is 16.8 Å². The summed E-state index contributed by atoms with van der Waals surface area (Å²) in [6.45, 7) is 0.351. The van der Waals surface area contributed by atoms with Gasteiger partial charge in [0, 0.05) is 4.47 Å². The Balaban J connectivity index is 1.57. The zero-order chi connectivity index (χ0) is 25.5. The van der Waals surface area contributed by atoms with Gasteiger partial charge in [-0.1, -0.05) is 70.5 Å². The molecule has 0 heterocycles. The predicted octanol–water partition coefficient (Wildman–Crippen LogP) is 6.74. The number of methoxy groups -OCH3 is 2. The molecule has 1 N–H and O–H groups in total. The normalized spacial score (nSPS) is 11.0. The zero-order valence-corrected chi connectivity index (χ0v) is 21.3. The van der Waals surface area contributed by atoms with Crippen LogP contribution in [0.2, 0.25) is 0 Å². The van der Waals surface area contributed by atoms with Crippen molar-refractivity contribution >= 4 is 44.4 Å². The second-order valence-corrected chi connectivity index (χ2v) is 8.63. The Morgan fingerprint density at radius 2 is 1.67 bits per heavy atom. The Morgan fingerprint density at radius 3 is 2.44 bits per heavy atom. The summed E-state index contributed by atoms with van der Waals surface area (Å²) in [5.41, 5.74) is 2.04. The molecule has 4 aromatic rings. The van der Waals surface area contributed by atoms with Crippen molar-refractivity contribution in [3.05, 3.63) is 100 Å². The van der Waals surface area contributed by atoms with Gasteiger partial charge in [-0.25, -0.2) is 0 Å². The van der Waals surface area contributed by atoms with Crippen LogP contribution in [0.5, 0.6) is 17.2 Å². The second-order valence-electron chi connectivity index (χ2n) is 7.78. The molecule has 0 aliphatic carbocycles. The van der Waals surface area contributed by atoms with Crippen LogP contribution in [0.1, 0.15) is 11.1 Å². The number of nitriles is 1. The van der Waals surface area contributed by atoms with Crippen LogP contribution in [0.4, 0.5) is 5.69 Å². The van der Waals surface area contributed by atoms with E-state index in [0.29, 0.717) is 39.6 Å². The number of halogens is 1. The van der Waals surface area contributed by atoms with Crippen molar-refractivity contribution in [1.29, 1.82) is 5.26 Å². The van der Waals surface area contributed by atoms with Gasteiger partial charge in [0.1, 0.15) is 24.0 Å². The Bertz CT molecular complexity index is 1490. The number of nitrogens with one attached hydrogen (secondary N) is 1. The van der Waals surface area contributed by atoms with E-state index in [0.717, 1.165) is 16.3 Å². The van der Waals surface area contributed by atoms with Gasteiger partial charge in [0.05, 0.1) is 19.9 Å². The lowest BCUT2D eigenvalue weighted by molar-refractivity contribution is -0.112. The molecule has 0 aliphatic heterocycles. The molecular formula is C29H23BrN2O4. The Hall–Kier alpha value is -4.28. The van der Waals surface area contributed by atoms with Crippen molar-refractivity contribution in [3.8, 4) is 23.3 Å². The lowest BCUT2D eigenvalue weighted by Crippen LogP contribution is -2.14. The second kappa shape index (κ2) is 11.4. The first-order valence-electron chi connectivity index (χ1n) is 11.1. The lowest BCUT2D eigenvalue weighted by atomic mass is 10.1. The number of benzene rings is 4. The lowest BCUT2D eigenvalue weighted by Gasteiger charge is -2.14. The Labute approximate surface area is 217 Å². The number of nitrogens with zero attached hydrogens (tertiary/aromatic N) is 1. The number of carbonyl (C=O) groups is 1. The maximum absolute atomic E-state index is 12.8. The summed E-state index contributed by atoms with van der Waals surface area (Å²) in [6.07, 6.45) is 1.49. The molecule has 0 saturated carbocycles. The van der Waals surface area contributed by atoms with E-state index in [1.54, 1.807) is 43.5 Å². The number of rotatable bonds is 8. The number of para-hydroxylation sites is 2. The quantitative estimate of drug-likeness (QED) is 0.197. The number of ether oxygens (including phenoxy) is 3. The summed E-state index contributed by atoms with van der Waals surface area (Å²) < 4.78 is 17.6. The SMILES string of the molecule is COc1ccccc1NC(=O)/C(C#N)=C\c1cc(OC)c(OCc2cccc3ccccc23)cc1Br. The molecular weight excluding hydrogens is 520 g/mol. The van der Waals surface area contributed by atoms with Crippen molar-refractivity contribution in [1.82, 2.24) is 0 Å². The van der Waals surface area contributed by atoms with Gasteiger partial charge in [0.2, 0.25) is 0 Å². The van der Waals surface area contributed by atoms with Crippen LogP contribution in [0, 0.1) is 11.3 Å². The number of hydrogen-bond donors (Lipinski definition) is 1. The van der Waals surface area contributed by atoms with Gasteiger partial charge < -0.3 is 19.5 Å². The summed E-state index contributed by atoms with van der Waals surface area (Å²) in [5.74, 6) is 0.960. The van der Waals surface area contributed by atoms with Crippen molar-refractivity contribution in [2.45, 2.75) is 6.61 Å². The molecule has 180 valence electrons. The monoisotopic (exact) mass is 542 g/mol. The van der Waals surface area contributed by atoms with E-state index in [1.807, 2.05) is 30.3 Å². The minimum Gasteiger partial charge on any atom is -0.495 e. The topological polar surface area (TPSA) is 80.6 Å². The summed E-state index contributed by atoms with van der Waals surface area (Å²) in [4.78, 5) is 12.8. The van der Waals surface area contributed by atoms with Gasteiger partial charge >= 0.3 is 0 Å². The average molecular weight is 543 g/mol. The van der Waals surface area contributed by atoms with E-state index < -0.39 is 5.91 Å². The third-order valence-electron chi connectivity index (χ3n) is 5.57. The molecule has 0 unspecified atom stereocenters. The van der Waals surface area contributed by atoms with Crippen molar-refractivity contribution < 1.29 is 19.0 Å². The predicted molar refractivity (Wildman–Crippen MR) is 144 cm³/mol. The number of fused-ring (bicyclic) bond motifs is 1. The molecule has 0 fully saturated rings. The van der Waals surface area contributed by atoms with Crippen LogP contribution >= 0.6 is 15.9 Å². The number of carbonyl (C=O) groups excluding carboxylic acids is 1. The van der Waals surface area contributed by atoms with Gasteiger partial charge in [-0.05, 0) is 52.2 Å². The fraction of sp³-hybridized carbons (Fsp3) is 0.103. The molecule has 0 spiro atoms. The first-order chi connectivity index (χ1) is 17.5. The largest absolute Gasteiger partial charge is 0.495 e. The minimum atomic E-state index is -0.552. The fourth-order valence-electron chi connectivity index (χ4n) is 3.75. The Morgan fingerprint density at radius 1 is 0.944 bits per heavy atom. The molecule has 4 rings (SSSR count). The number of hydrogen-bond acceptors (Lipinski definition) is 5. The van der Waals surface area contributed by atoms with Crippen LogP contribution in [0.3, 0.4) is 0 Å². The highest BCUT2D eigenvalue weighted by atomic mass is 79.9. The summed E-state index contributed by atoms with van der Waals surface area (Å²) in [7, 11) is 3.06. The third-order valence-corrected chi connectivity index (χ3v) is 6.25. The molecule has 36 heavy (non-hydrogen) atoms. The van der Waals surface area contributed by atoms with E-state index in [2.05, 4.69) is 39.4 Å². The van der Waals surface area contributed by atoms with Gasteiger partial charge in [0.15, 0.2) is 11.5 Å². The summed E-state index contributed by atoms with van der Waals surface area (Å²) in [6, 6.07) is 26.7. The minimum absolute atomic E-state index is 0.0758. The van der Waals surface area contributed by atoms with Gasteiger partial charge in [-0.3, -0.25) is 4.79 Å². The van der Waals surface area contributed by atoms with Gasteiger partial charge in [0.25, 0.3) is 5.91 Å². The van der Waals surface area contributed by atoms with Crippen molar-refractivity contribution in [3.63, 3.8) is 0 Å². The average Bonchev–Trinajstić information content (AvgIpc) is 2.91. The van der Waals surface area contributed by atoms with Gasteiger partial charge in [-0.2, -0.15) is 5.26 Å². The maximum Gasteiger partial charge on any atom is 0.266 e. The third kappa shape index (κ3) is 5.51. The molecule has 0 radical (unpaired) electrons. The number of anilines is 1. The van der Waals surface area contributed by atoms with Crippen LogP contribution in [-0.2, 0) is 11.4 Å². The first kappa shape index (κ1) is 24.8. The zero-order valence-electron chi connectivity index (χ0n) is 19.7.